The maximum atomic E-state index is 12.1. The molecule has 2 nitrogen and oxygen atoms in total. The average molecular weight is 277 g/mol. The fourth-order valence-corrected chi connectivity index (χ4v) is 3.51. The van der Waals surface area contributed by atoms with Gasteiger partial charge in [-0.15, -0.1) is 11.8 Å². The normalized spacial score (nSPS) is 17.4. The topological polar surface area (TPSA) is 29.1 Å². The van der Waals surface area contributed by atoms with Crippen molar-refractivity contribution in [1.82, 2.24) is 5.32 Å². The molecule has 1 aromatic rings. The van der Waals surface area contributed by atoms with E-state index >= 15 is 0 Å². The van der Waals surface area contributed by atoms with Crippen molar-refractivity contribution in [3.63, 3.8) is 0 Å². The van der Waals surface area contributed by atoms with Crippen LogP contribution in [0.5, 0.6) is 0 Å². The van der Waals surface area contributed by atoms with Gasteiger partial charge >= 0.3 is 0 Å². The van der Waals surface area contributed by atoms with Crippen molar-refractivity contribution in [3.05, 3.63) is 29.3 Å². The quantitative estimate of drug-likeness (QED) is 0.847. The Morgan fingerprint density at radius 2 is 2.00 bits per heavy atom. The molecule has 1 amide bonds. The first-order chi connectivity index (χ1) is 9.06. The van der Waals surface area contributed by atoms with Gasteiger partial charge in [0.15, 0.2) is 0 Å². The predicted molar refractivity (Wildman–Crippen MR) is 81.6 cm³/mol. The number of carbonyl (C=O) groups excluding carboxylic acids is 1. The van der Waals surface area contributed by atoms with Crippen LogP contribution < -0.4 is 5.32 Å². The highest BCUT2D eigenvalue weighted by Crippen LogP contribution is 2.28. The number of aryl methyl sites for hydroxylation is 2. The van der Waals surface area contributed by atoms with E-state index < -0.39 is 0 Å². The second-order valence-corrected chi connectivity index (χ2v) is 6.90. The lowest BCUT2D eigenvalue weighted by atomic mass is 10.2. The number of nitrogens with one attached hydrogen (secondary N) is 1. The Hall–Kier alpha value is -0.960. The third-order valence-corrected chi connectivity index (χ3v) is 4.98. The molecule has 1 saturated carbocycles. The fraction of sp³-hybridized carbons (Fsp3) is 0.562. The molecule has 104 valence electrons. The van der Waals surface area contributed by atoms with Gasteiger partial charge in [-0.05, 0) is 45.2 Å². The molecular formula is C16H23NOS. The zero-order valence-electron chi connectivity index (χ0n) is 12.0. The van der Waals surface area contributed by atoms with E-state index in [2.05, 4.69) is 37.4 Å². The van der Waals surface area contributed by atoms with Gasteiger partial charge in [0.2, 0.25) is 5.91 Å². The standard InChI is InChI=1S/C16H23NOS/c1-11-8-9-15(12(2)10-11)19-13(3)16(18)17-14-6-4-5-7-14/h8-10,13-14H,4-7H2,1-3H3,(H,17,18)/t13-/m0/s1. The lowest BCUT2D eigenvalue weighted by molar-refractivity contribution is -0.120. The number of thioether (sulfide) groups is 1. The largest absolute Gasteiger partial charge is 0.352 e. The molecule has 1 N–H and O–H groups in total. The summed E-state index contributed by atoms with van der Waals surface area (Å²) in [6.07, 6.45) is 4.80. The third kappa shape index (κ3) is 4.00. The van der Waals surface area contributed by atoms with E-state index in [1.54, 1.807) is 11.8 Å². The summed E-state index contributed by atoms with van der Waals surface area (Å²) in [6, 6.07) is 6.81. The van der Waals surface area contributed by atoms with E-state index in [-0.39, 0.29) is 11.2 Å². The zero-order valence-corrected chi connectivity index (χ0v) is 12.8. The van der Waals surface area contributed by atoms with Crippen molar-refractivity contribution in [1.29, 1.82) is 0 Å². The number of carbonyl (C=O) groups is 1. The summed E-state index contributed by atoms with van der Waals surface area (Å²) < 4.78 is 0. The number of benzene rings is 1. The van der Waals surface area contributed by atoms with E-state index in [1.807, 2.05) is 6.92 Å². The van der Waals surface area contributed by atoms with Gasteiger partial charge in [-0.3, -0.25) is 4.79 Å². The van der Waals surface area contributed by atoms with Gasteiger partial charge < -0.3 is 5.32 Å². The summed E-state index contributed by atoms with van der Waals surface area (Å²) in [5, 5.41) is 3.14. The molecule has 0 bridgehead atoms. The molecule has 0 aromatic heterocycles. The summed E-state index contributed by atoms with van der Waals surface area (Å²) >= 11 is 1.66. The number of rotatable bonds is 4. The molecule has 1 atom stereocenters. The van der Waals surface area contributed by atoms with Crippen LogP contribution in [0.1, 0.15) is 43.7 Å². The molecule has 0 saturated heterocycles. The van der Waals surface area contributed by atoms with E-state index in [0.717, 1.165) is 12.8 Å². The smallest absolute Gasteiger partial charge is 0.233 e. The van der Waals surface area contributed by atoms with Gasteiger partial charge in [-0.2, -0.15) is 0 Å². The molecule has 0 spiro atoms. The number of amides is 1. The zero-order chi connectivity index (χ0) is 13.8. The van der Waals surface area contributed by atoms with Crippen molar-refractivity contribution < 1.29 is 4.79 Å². The lowest BCUT2D eigenvalue weighted by Gasteiger charge is -2.17. The first-order valence-electron chi connectivity index (χ1n) is 7.10. The Balaban J connectivity index is 1.92. The van der Waals surface area contributed by atoms with Crippen LogP contribution in [0.2, 0.25) is 0 Å². The number of hydrogen-bond acceptors (Lipinski definition) is 2. The van der Waals surface area contributed by atoms with Gasteiger partial charge in [0.25, 0.3) is 0 Å². The van der Waals surface area contributed by atoms with Crippen molar-refractivity contribution in [3.8, 4) is 0 Å². The van der Waals surface area contributed by atoms with Gasteiger partial charge in [-0.1, -0.05) is 30.5 Å². The first kappa shape index (κ1) is 14.4. The third-order valence-electron chi connectivity index (χ3n) is 3.70. The van der Waals surface area contributed by atoms with Crippen LogP contribution >= 0.6 is 11.8 Å². The second kappa shape index (κ2) is 6.47. The highest BCUT2D eigenvalue weighted by atomic mass is 32.2. The van der Waals surface area contributed by atoms with Crippen LogP contribution in [0.15, 0.2) is 23.1 Å². The second-order valence-electron chi connectivity index (χ2n) is 5.52. The fourth-order valence-electron chi connectivity index (χ4n) is 2.56. The minimum absolute atomic E-state index is 0.0259. The molecule has 3 heteroatoms. The Labute approximate surface area is 120 Å². The Bertz CT molecular complexity index is 452. The van der Waals surface area contributed by atoms with Crippen LogP contribution in [0.4, 0.5) is 0 Å². The molecular weight excluding hydrogens is 254 g/mol. The van der Waals surface area contributed by atoms with Crippen molar-refractivity contribution in [2.24, 2.45) is 0 Å². The summed E-state index contributed by atoms with van der Waals surface area (Å²) in [6.45, 7) is 6.20. The van der Waals surface area contributed by atoms with Crippen LogP contribution in [-0.4, -0.2) is 17.2 Å². The minimum atomic E-state index is -0.0259. The Morgan fingerprint density at radius 3 is 2.63 bits per heavy atom. The van der Waals surface area contributed by atoms with Crippen molar-refractivity contribution >= 4 is 17.7 Å². The summed E-state index contributed by atoms with van der Waals surface area (Å²) in [5.41, 5.74) is 2.52. The molecule has 1 aliphatic rings. The molecule has 1 fully saturated rings. The molecule has 2 rings (SSSR count). The van der Waals surface area contributed by atoms with E-state index in [1.165, 1.54) is 28.9 Å². The molecule has 19 heavy (non-hydrogen) atoms. The first-order valence-corrected chi connectivity index (χ1v) is 7.98. The van der Waals surface area contributed by atoms with Crippen molar-refractivity contribution in [2.45, 2.75) is 62.6 Å². The molecule has 0 heterocycles. The lowest BCUT2D eigenvalue weighted by Crippen LogP contribution is -2.37. The summed E-state index contributed by atoms with van der Waals surface area (Å²) in [4.78, 5) is 13.4. The van der Waals surface area contributed by atoms with Gasteiger partial charge in [-0.25, -0.2) is 0 Å². The minimum Gasteiger partial charge on any atom is -0.352 e. The maximum Gasteiger partial charge on any atom is 0.233 e. The molecule has 0 radical (unpaired) electrons. The molecule has 0 unspecified atom stereocenters. The SMILES string of the molecule is Cc1ccc(S[C@@H](C)C(=O)NC2CCCC2)c(C)c1. The highest BCUT2D eigenvalue weighted by Gasteiger charge is 2.21. The predicted octanol–water partition coefficient (Wildman–Crippen LogP) is 3.84. The Kier molecular flexibility index (Phi) is 4.92. The van der Waals surface area contributed by atoms with Gasteiger partial charge in [0, 0.05) is 10.9 Å². The van der Waals surface area contributed by atoms with Crippen molar-refractivity contribution in [2.75, 3.05) is 0 Å². The molecule has 1 aliphatic carbocycles. The van der Waals surface area contributed by atoms with Crippen LogP contribution in [0, 0.1) is 13.8 Å². The molecule has 0 aliphatic heterocycles. The average Bonchev–Trinajstić information content (AvgIpc) is 2.85. The van der Waals surface area contributed by atoms with Crippen LogP contribution in [-0.2, 0) is 4.79 Å². The van der Waals surface area contributed by atoms with Crippen LogP contribution in [0.3, 0.4) is 0 Å². The van der Waals surface area contributed by atoms with Crippen LogP contribution in [0.25, 0.3) is 0 Å². The van der Waals surface area contributed by atoms with E-state index in [4.69, 9.17) is 0 Å². The van der Waals surface area contributed by atoms with E-state index in [9.17, 15) is 4.79 Å². The Morgan fingerprint density at radius 1 is 1.32 bits per heavy atom. The summed E-state index contributed by atoms with van der Waals surface area (Å²) in [7, 11) is 0. The summed E-state index contributed by atoms with van der Waals surface area (Å²) in [5.74, 6) is 0.178. The van der Waals surface area contributed by atoms with Gasteiger partial charge in [0.05, 0.1) is 5.25 Å². The van der Waals surface area contributed by atoms with E-state index in [0.29, 0.717) is 6.04 Å². The monoisotopic (exact) mass is 277 g/mol. The number of hydrogen-bond donors (Lipinski definition) is 1. The van der Waals surface area contributed by atoms with Gasteiger partial charge in [0.1, 0.15) is 0 Å². The maximum absolute atomic E-state index is 12.1. The highest BCUT2D eigenvalue weighted by molar-refractivity contribution is 8.00. The molecule has 1 aromatic carbocycles.